The van der Waals surface area contributed by atoms with E-state index in [4.69, 9.17) is 4.74 Å². The molecule has 1 aromatic heterocycles. The molecule has 3 aromatic rings. The Bertz CT molecular complexity index is 1090. The van der Waals surface area contributed by atoms with Crippen LogP contribution in [-0.4, -0.2) is 22.9 Å². The van der Waals surface area contributed by atoms with E-state index in [-0.39, 0.29) is 11.3 Å². The minimum absolute atomic E-state index is 0.0662. The largest absolute Gasteiger partial charge is 0.495 e. The number of carbonyl (C=O) groups is 1. The molecule has 0 spiro atoms. The van der Waals surface area contributed by atoms with Gasteiger partial charge in [-0.1, -0.05) is 6.07 Å². The molecule has 3 rings (SSSR count). The molecule has 1 amide bonds. The molecule has 8 heteroatoms. The van der Waals surface area contributed by atoms with E-state index >= 15 is 0 Å². The van der Waals surface area contributed by atoms with Crippen molar-refractivity contribution in [3.63, 3.8) is 0 Å². The highest BCUT2D eigenvalue weighted by molar-refractivity contribution is 6.06. The average Bonchev–Trinajstić information content (AvgIpc) is 2.63. The SMILES string of the molecule is COc1cccc2c(=O)c(C(=O)Nc3ccc([N+](=O)[O-])cc3C)c[nH]c12. The van der Waals surface area contributed by atoms with Crippen molar-refractivity contribution >= 4 is 28.2 Å². The van der Waals surface area contributed by atoms with Gasteiger partial charge in [0, 0.05) is 24.0 Å². The number of ether oxygens (including phenoxy) is 1. The second kappa shape index (κ2) is 6.67. The predicted molar refractivity (Wildman–Crippen MR) is 96.9 cm³/mol. The molecule has 0 atom stereocenters. The summed E-state index contributed by atoms with van der Waals surface area (Å²) in [7, 11) is 1.49. The molecular weight excluding hydrogens is 338 g/mol. The van der Waals surface area contributed by atoms with Gasteiger partial charge in [0.1, 0.15) is 11.3 Å². The summed E-state index contributed by atoms with van der Waals surface area (Å²) >= 11 is 0. The average molecular weight is 353 g/mol. The number of nitro groups is 1. The molecule has 0 saturated heterocycles. The minimum Gasteiger partial charge on any atom is -0.495 e. The number of hydrogen-bond donors (Lipinski definition) is 2. The number of aryl methyl sites for hydroxylation is 1. The number of nitrogens with zero attached hydrogens (tertiary/aromatic N) is 1. The zero-order chi connectivity index (χ0) is 18.8. The first-order valence-corrected chi connectivity index (χ1v) is 7.67. The number of para-hydroxylation sites is 1. The Morgan fingerprint density at radius 2 is 2.04 bits per heavy atom. The summed E-state index contributed by atoms with van der Waals surface area (Å²) in [4.78, 5) is 38.3. The number of non-ortho nitro benzene ring substituents is 1. The number of benzene rings is 2. The molecule has 0 unspecified atom stereocenters. The highest BCUT2D eigenvalue weighted by atomic mass is 16.6. The van der Waals surface area contributed by atoms with Crippen LogP contribution in [0.4, 0.5) is 11.4 Å². The third-order valence-electron chi connectivity index (χ3n) is 4.01. The van der Waals surface area contributed by atoms with Gasteiger partial charge >= 0.3 is 0 Å². The Morgan fingerprint density at radius 1 is 1.27 bits per heavy atom. The molecule has 0 radical (unpaired) electrons. The number of fused-ring (bicyclic) bond motifs is 1. The number of carbonyl (C=O) groups excluding carboxylic acids is 1. The fourth-order valence-corrected chi connectivity index (χ4v) is 2.65. The highest BCUT2D eigenvalue weighted by Crippen LogP contribution is 2.23. The fraction of sp³-hybridized carbons (Fsp3) is 0.111. The minimum atomic E-state index is -0.604. The van der Waals surface area contributed by atoms with Crippen molar-refractivity contribution in [1.29, 1.82) is 0 Å². The third-order valence-corrected chi connectivity index (χ3v) is 4.01. The highest BCUT2D eigenvalue weighted by Gasteiger charge is 2.16. The molecule has 0 aliphatic heterocycles. The molecule has 0 saturated carbocycles. The van der Waals surface area contributed by atoms with E-state index < -0.39 is 16.3 Å². The van der Waals surface area contributed by atoms with Crippen LogP contribution in [0.2, 0.25) is 0 Å². The first kappa shape index (κ1) is 17.2. The quantitative estimate of drug-likeness (QED) is 0.553. The zero-order valence-corrected chi connectivity index (χ0v) is 14.0. The summed E-state index contributed by atoms with van der Waals surface area (Å²) in [6.45, 7) is 1.64. The fourth-order valence-electron chi connectivity index (χ4n) is 2.65. The third kappa shape index (κ3) is 3.00. The van der Waals surface area contributed by atoms with Gasteiger partial charge in [-0.25, -0.2) is 0 Å². The summed E-state index contributed by atoms with van der Waals surface area (Å²) in [5, 5.41) is 13.7. The van der Waals surface area contributed by atoms with Crippen LogP contribution >= 0.6 is 0 Å². The van der Waals surface area contributed by atoms with Crippen LogP contribution in [0.5, 0.6) is 5.75 Å². The predicted octanol–water partition coefficient (Wildman–Crippen LogP) is 3.01. The normalized spacial score (nSPS) is 10.5. The number of pyridine rings is 1. The van der Waals surface area contributed by atoms with Crippen molar-refractivity contribution in [3.8, 4) is 5.75 Å². The number of amides is 1. The van der Waals surface area contributed by atoms with E-state index in [2.05, 4.69) is 10.3 Å². The van der Waals surface area contributed by atoms with E-state index in [0.29, 0.717) is 27.9 Å². The van der Waals surface area contributed by atoms with Crippen LogP contribution in [0.15, 0.2) is 47.4 Å². The maximum absolute atomic E-state index is 12.6. The first-order valence-electron chi connectivity index (χ1n) is 7.67. The summed E-state index contributed by atoms with van der Waals surface area (Å²) in [6, 6.07) is 9.05. The van der Waals surface area contributed by atoms with Gasteiger partial charge < -0.3 is 15.0 Å². The van der Waals surface area contributed by atoms with Crippen LogP contribution in [0, 0.1) is 17.0 Å². The summed E-state index contributed by atoms with van der Waals surface area (Å²) < 4.78 is 5.20. The Balaban J connectivity index is 1.97. The summed E-state index contributed by atoms with van der Waals surface area (Å²) in [6.07, 6.45) is 1.32. The van der Waals surface area contributed by atoms with E-state index in [9.17, 15) is 19.7 Å². The van der Waals surface area contributed by atoms with Gasteiger partial charge in [0.05, 0.1) is 22.9 Å². The molecule has 1 heterocycles. The van der Waals surface area contributed by atoms with Crippen LogP contribution < -0.4 is 15.5 Å². The van der Waals surface area contributed by atoms with Crippen molar-refractivity contribution < 1.29 is 14.5 Å². The number of nitrogens with one attached hydrogen (secondary N) is 2. The molecule has 0 bridgehead atoms. The second-order valence-electron chi connectivity index (χ2n) is 5.62. The summed E-state index contributed by atoms with van der Waals surface area (Å²) in [5.41, 5.74) is 0.842. The van der Waals surface area contributed by atoms with E-state index in [1.54, 1.807) is 25.1 Å². The number of hydrogen-bond acceptors (Lipinski definition) is 5. The van der Waals surface area contributed by atoms with Gasteiger partial charge in [0.2, 0.25) is 5.43 Å². The summed E-state index contributed by atoms with van der Waals surface area (Å²) in [5.74, 6) is -0.106. The number of aromatic amines is 1. The lowest BCUT2D eigenvalue weighted by Gasteiger charge is -2.09. The van der Waals surface area contributed by atoms with E-state index in [0.717, 1.165) is 0 Å². The smallest absolute Gasteiger partial charge is 0.269 e. The topological polar surface area (TPSA) is 114 Å². The van der Waals surface area contributed by atoms with Gasteiger partial charge in [-0.05, 0) is 30.7 Å². The molecule has 2 N–H and O–H groups in total. The van der Waals surface area contributed by atoms with Crippen LogP contribution in [0.1, 0.15) is 15.9 Å². The Hall–Kier alpha value is -3.68. The van der Waals surface area contributed by atoms with Crippen LogP contribution in [-0.2, 0) is 0 Å². The Morgan fingerprint density at radius 3 is 2.69 bits per heavy atom. The van der Waals surface area contributed by atoms with Crippen molar-refractivity contribution in [2.24, 2.45) is 0 Å². The van der Waals surface area contributed by atoms with Gasteiger partial charge in [-0.3, -0.25) is 19.7 Å². The van der Waals surface area contributed by atoms with Crippen molar-refractivity contribution in [2.75, 3.05) is 12.4 Å². The van der Waals surface area contributed by atoms with Crippen LogP contribution in [0.3, 0.4) is 0 Å². The van der Waals surface area contributed by atoms with Gasteiger partial charge in [-0.2, -0.15) is 0 Å². The molecule has 0 aliphatic carbocycles. The number of H-pyrrole nitrogens is 1. The van der Waals surface area contributed by atoms with Gasteiger partial charge in [0.25, 0.3) is 11.6 Å². The van der Waals surface area contributed by atoms with Gasteiger partial charge in [0.15, 0.2) is 0 Å². The standard InChI is InChI=1S/C18H15N3O5/c1-10-8-11(21(24)25)6-7-14(10)20-18(23)13-9-19-16-12(17(13)22)4-3-5-15(16)26-2/h3-9H,1-2H3,(H,19,22)(H,20,23). The number of aromatic nitrogens is 1. The monoisotopic (exact) mass is 353 g/mol. The lowest BCUT2D eigenvalue weighted by molar-refractivity contribution is -0.384. The number of anilines is 1. The molecule has 0 fully saturated rings. The van der Waals surface area contributed by atoms with E-state index in [1.165, 1.54) is 31.5 Å². The van der Waals surface area contributed by atoms with Gasteiger partial charge in [-0.15, -0.1) is 0 Å². The molecular formula is C18H15N3O5. The Kier molecular flexibility index (Phi) is 4.40. The van der Waals surface area contributed by atoms with Crippen molar-refractivity contribution in [2.45, 2.75) is 6.92 Å². The lowest BCUT2D eigenvalue weighted by Crippen LogP contribution is -2.22. The first-order chi connectivity index (χ1) is 12.4. The van der Waals surface area contributed by atoms with Crippen LogP contribution in [0.25, 0.3) is 10.9 Å². The number of methoxy groups -OCH3 is 1. The molecule has 26 heavy (non-hydrogen) atoms. The lowest BCUT2D eigenvalue weighted by atomic mass is 10.1. The van der Waals surface area contributed by atoms with Crippen molar-refractivity contribution in [1.82, 2.24) is 4.98 Å². The Labute approximate surface area is 147 Å². The maximum Gasteiger partial charge on any atom is 0.269 e. The molecule has 132 valence electrons. The molecule has 2 aromatic carbocycles. The van der Waals surface area contributed by atoms with E-state index in [1.807, 2.05) is 0 Å². The number of rotatable bonds is 4. The second-order valence-corrected chi connectivity index (χ2v) is 5.62. The zero-order valence-electron chi connectivity index (χ0n) is 14.0. The maximum atomic E-state index is 12.6. The number of nitro benzene ring substituents is 1. The van der Waals surface area contributed by atoms with Crippen molar-refractivity contribution in [3.05, 3.63) is 74.1 Å². The molecule has 0 aliphatic rings. The molecule has 8 nitrogen and oxygen atoms in total.